The van der Waals surface area contributed by atoms with E-state index in [0.29, 0.717) is 0 Å². The first-order valence-corrected chi connectivity index (χ1v) is 7.03. The zero-order chi connectivity index (χ0) is 13.5. The topological polar surface area (TPSA) is 24.9 Å². The van der Waals surface area contributed by atoms with Gasteiger partial charge in [-0.25, -0.2) is 4.98 Å². The van der Waals surface area contributed by atoms with Crippen molar-refractivity contribution in [1.29, 1.82) is 0 Å². The first kappa shape index (κ1) is 13.6. The van der Waals surface area contributed by atoms with Gasteiger partial charge < -0.3 is 5.32 Å². The minimum atomic E-state index is 0.824. The van der Waals surface area contributed by atoms with Gasteiger partial charge >= 0.3 is 0 Å². The van der Waals surface area contributed by atoms with E-state index in [1.807, 2.05) is 6.07 Å². The number of rotatable bonds is 6. The van der Waals surface area contributed by atoms with Crippen LogP contribution < -0.4 is 5.32 Å². The number of nitrogens with zero attached hydrogens (tertiary/aromatic N) is 1. The molecular weight excluding hydrogens is 232 g/mol. The molecule has 0 saturated heterocycles. The molecule has 0 unspecified atom stereocenters. The number of nitrogens with one attached hydrogen (secondary N) is 1. The van der Waals surface area contributed by atoms with E-state index in [4.69, 9.17) is 0 Å². The summed E-state index contributed by atoms with van der Waals surface area (Å²) in [7, 11) is 0. The highest BCUT2D eigenvalue weighted by molar-refractivity contribution is 5.37. The predicted molar refractivity (Wildman–Crippen MR) is 81.4 cm³/mol. The summed E-state index contributed by atoms with van der Waals surface area (Å²) in [4.78, 5) is 4.63. The summed E-state index contributed by atoms with van der Waals surface area (Å²) < 4.78 is 0. The highest BCUT2D eigenvalue weighted by Crippen LogP contribution is 2.10. The van der Waals surface area contributed by atoms with Crippen molar-refractivity contribution in [2.45, 2.75) is 39.7 Å². The Labute approximate surface area is 115 Å². The van der Waals surface area contributed by atoms with Crippen molar-refractivity contribution < 1.29 is 0 Å². The summed E-state index contributed by atoms with van der Waals surface area (Å²) in [5.41, 5.74) is 3.76. The van der Waals surface area contributed by atoms with Crippen LogP contribution >= 0.6 is 0 Å². The van der Waals surface area contributed by atoms with E-state index in [-0.39, 0.29) is 0 Å². The number of pyridine rings is 1. The van der Waals surface area contributed by atoms with E-state index < -0.39 is 0 Å². The van der Waals surface area contributed by atoms with Gasteiger partial charge in [-0.1, -0.05) is 49.2 Å². The minimum absolute atomic E-state index is 0.824. The van der Waals surface area contributed by atoms with Gasteiger partial charge in [0.15, 0.2) is 0 Å². The molecule has 0 fully saturated rings. The fourth-order valence-electron chi connectivity index (χ4n) is 1.97. The second-order valence-electron chi connectivity index (χ2n) is 4.96. The molecule has 2 nitrogen and oxygen atoms in total. The molecule has 0 saturated carbocycles. The standard InChI is InChI=1S/C17H22N2/c1-3-4-6-16-7-5-8-17(19-16)18-13-15-11-9-14(2)10-12-15/h5,7-12H,3-4,6,13H2,1-2H3,(H,18,19). The van der Waals surface area contributed by atoms with E-state index in [9.17, 15) is 0 Å². The van der Waals surface area contributed by atoms with Crippen LogP contribution in [0.15, 0.2) is 42.5 Å². The first-order chi connectivity index (χ1) is 9.28. The highest BCUT2D eigenvalue weighted by atomic mass is 15.0. The number of hydrogen-bond acceptors (Lipinski definition) is 2. The Hall–Kier alpha value is -1.83. The van der Waals surface area contributed by atoms with Crippen LogP contribution in [0.25, 0.3) is 0 Å². The molecule has 19 heavy (non-hydrogen) atoms. The van der Waals surface area contributed by atoms with Crippen LogP contribution in [0.5, 0.6) is 0 Å². The lowest BCUT2D eigenvalue weighted by atomic mass is 10.1. The maximum absolute atomic E-state index is 4.63. The summed E-state index contributed by atoms with van der Waals surface area (Å²) >= 11 is 0. The Balaban J connectivity index is 1.93. The number of aromatic nitrogens is 1. The largest absolute Gasteiger partial charge is 0.366 e. The molecule has 0 aliphatic heterocycles. The zero-order valence-electron chi connectivity index (χ0n) is 11.8. The van der Waals surface area contributed by atoms with Gasteiger partial charge in [0.25, 0.3) is 0 Å². The Morgan fingerprint density at radius 3 is 2.58 bits per heavy atom. The van der Waals surface area contributed by atoms with Gasteiger partial charge in [-0.05, 0) is 37.5 Å². The second kappa shape index (κ2) is 6.93. The van der Waals surface area contributed by atoms with Gasteiger partial charge in [-0.15, -0.1) is 0 Å². The van der Waals surface area contributed by atoms with Crippen LogP contribution in [0.1, 0.15) is 36.6 Å². The summed E-state index contributed by atoms with van der Waals surface area (Å²) in [6.45, 7) is 5.14. The Kier molecular flexibility index (Phi) is 4.96. The average Bonchev–Trinajstić information content (AvgIpc) is 2.45. The molecule has 1 N–H and O–H groups in total. The van der Waals surface area contributed by atoms with Crippen molar-refractivity contribution >= 4 is 5.82 Å². The van der Waals surface area contributed by atoms with Crippen LogP contribution in [-0.4, -0.2) is 4.98 Å². The molecule has 0 aliphatic carbocycles. The molecule has 1 heterocycles. The summed E-state index contributed by atoms with van der Waals surface area (Å²) in [5, 5.41) is 3.39. The molecule has 2 heteroatoms. The molecular formula is C17H22N2. The smallest absolute Gasteiger partial charge is 0.126 e. The maximum Gasteiger partial charge on any atom is 0.126 e. The Bertz CT molecular complexity index is 503. The molecule has 0 radical (unpaired) electrons. The van der Waals surface area contributed by atoms with Crippen LogP contribution in [0.2, 0.25) is 0 Å². The summed E-state index contributed by atoms with van der Waals surface area (Å²) in [5.74, 6) is 0.967. The minimum Gasteiger partial charge on any atom is -0.366 e. The van der Waals surface area contributed by atoms with E-state index in [1.54, 1.807) is 0 Å². The van der Waals surface area contributed by atoms with Crippen LogP contribution in [0.3, 0.4) is 0 Å². The molecule has 0 atom stereocenters. The van der Waals surface area contributed by atoms with Gasteiger partial charge in [-0.3, -0.25) is 0 Å². The third-order valence-electron chi connectivity index (χ3n) is 3.19. The molecule has 0 aliphatic rings. The Morgan fingerprint density at radius 1 is 1.05 bits per heavy atom. The maximum atomic E-state index is 4.63. The zero-order valence-corrected chi connectivity index (χ0v) is 11.8. The summed E-state index contributed by atoms with van der Waals surface area (Å²) in [6, 6.07) is 14.8. The van der Waals surface area contributed by atoms with Crippen molar-refractivity contribution in [3.05, 3.63) is 59.3 Å². The van der Waals surface area contributed by atoms with Crippen LogP contribution in [0.4, 0.5) is 5.82 Å². The van der Waals surface area contributed by atoms with Gasteiger partial charge in [0, 0.05) is 12.2 Å². The van der Waals surface area contributed by atoms with Crippen molar-refractivity contribution in [2.75, 3.05) is 5.32 Å². The van der Waals surface area contributed by atoms with Crippen molar-refractivity contribution in [3.8, 4) is 0 Å². The predicted octanol–water partition coefficient (Wildman–Crippen LogP) is 4.34. The molecule has 1 aromatic carbocycles. The van der Waals surface area contributed by atoms with Crippen LogP contribution in [0, 0.1) is 6.92 Å². The molecule has 1 aromatic heterocycles. The molecule has 0 spiro atoms. The lowest BCUT2D eigenvalue weighted by Crippen LogP contribution is -2.02. The lowest BCUT2D eigenvalue weighted by Gasteiger charge is -2.08. The van der Waals surface area contributed by atoms with E-state index >= 15 is 0 Å². The number of unbranched alkanes of at least 4 members (excludes halogenated alkanes) is 1. The quantitative estimate of drug-likeness (QED) is 0.829. The number of benzene rings is 1. The van der Waals surface area contributed by atoms with Gasteiger partial charge in [0.2, 0.25) is 0 Å². The summed E-state index contributed by atoms with van der Waals surface area (Å²) in [6.07, 6.45) is 3.48. The van der Waals surface area contributed by atoms with Gasteiger partial charge in [0.1, 0.15) is 5.82 Å². The van der Waals surface area contributed by atoms with Crippen molar-refractivity contribution in [2.24, 2.45) is 0 Å². The molecule has 0 bridgehead atoms. The van der Waals surface area contributed by atoms with E-state index in [0.717, 1.165) is 18.8 Å². The van der Waals surface area contributed by atoms with Gasteiger partial charge in [0.05, 0.1) is 0 Å². The van der Waals surface area contributed by atoms with E-state index in [1.165, 1.54) is 29.7 Å². The highest BCUT2D eigenvalue weighted by Gasteiger charge is 1.98. The molecule has 0 amide bonds. The van der Waals surface area contributed by atoms with E-state index in [2.05, 4.69) is 60.5 Å². The van der Waals surface area contributed by atoms with Gasteiger partial charge in [-0.2, -0.15) is 0 Å². The number of aryl methyl sites for hydroxylation is 2. The molecule has 100 valence electrons. The SMILES string of the molecule is CCCCc1cccc(NCc2ccc(C)cc2)n1. The fourth-order valence-corrected chi connectivity index (χ4v) is 1.97. The normalized spacial score (nSPS) is 10.4. The third-order valence-corrected chi connectivity index (χ3v) is 3.19. The lowest BCUT2D eigenvalue weighted by molar-refractivity contribution is 0.777. The Morgan fingerprint density at radius 2 is 1.84 bits per heavy atom. The third kappa shape index (κ3) is 4.40. The van der Waals surface area contributed by atoms with Crippen LogP contribution in [-0.2, 0) is 13.0 Å². The number of hydrogen-bond donors (Lipinski definition) is 1. The van der Waals surface area contributed by atoms with Crippen molar-refractivity contribution in [1.82, 2.24) is 4.98 Å². The first-order valence-electron chi connectivity index (χ1n) is 7.03. The molecule has 2 aromatic rings. The average molecular weight is 254 g/mol. The molecule has 2 rings (SSSR count). The second-order valence-corrected chi connectivity index (χ2v) is 4.96. The fraction of sp³-hybridized carbons (Fsp3) is 0.353. The van der Waals surface area contributed by atoms with Crippen molar-refractivity contribution in [3.63, 3.8) is 0 Å². The number of anilines is 1. The monoisotopic (exact) mass is 254 g/mol.